The van der Waals surface area contributed by atoms with Crippen LogP contribution in [0.4, 0.5) is 13.2 Å². The molecule has 3 rings (SSSR count). The summed E-state index contributed by atoms with van der Waals surface area (Å²) in [4.78, 5) is 16.0. The van der Waals surface area contributed by atoms with E-state index in [2.05, 4.69) is 16.2 Å². The second kappa shape index (κ2) is 6.44. The van der Waals surface area contributed by atoms with E-state index in [-0.39, 0.29) is 18.0 Å². The van der Waals surface area contributed by atoms with Crippen LogP contribution < -0.4 is 0 Å². The number of carbonyl (C=O) groups is 1. The van der Waals surface area contributed by atoms with Crippen molar-refractivity contribution in [1.29, 1.82) is 5.26 Å². The predicted molar refractivity (Wildman–Crippen MR) is 83.3 cm³/mol. The van der Waals surface area contributed by atoms with E-state index in [1.807, 2.05) is 0 Å². The molecule has 1 fully saturated rings. The molecule has 0 atom stereocenters. The van der Waals surface area contributed by atoms with Crippen LogP contribution in [-0.4, -0.2) is 27.3 Å². The van der Waals surface area contributed by atoms with E-state index in [0.717, 1.165) is 12.5 Å². The van der Waals surface area contributed by atoms with E-state index < -0.39 is 23.1 Å². The normalized spacial score (nSPS) is 15.8. The summed E-state index contributed by atoms with van der Waals surface area (Å²) >= 11 is 0. The standard InChI is InChI=1S/C17H15F3N4O2/c1-11-13(15(25)26-10-16(9-21)5-2-6-16)8-23-24(11)14-4-3-12(7-22-14)17(18,19)20/h3-4,7-8H,2,5-6,10H2,1H3. The minimum absolute atomic E-state index is 0.0193. The molecule has 26 heavy (non-hydrogen) atoms. The Balaban J connectivity index is 1.75. The van der Waals surface area contributed by atoms with E-state index in [1.165, 1.54) is 16.9 Å². The Bertz CT molecular complexity index is 862. The summed E-state index contributed by atoms with van der Waals surface area (Å²) in [6.45, 7) is 1.61. The van der Waals surface area contributed by atoms with Crippen molar-refractivity contribution in [2.45, 2.75) is 32.4 Å². The molecule has 1 saturated carbocycles. The van der Waals surface area contributed by atoms with E-state index in [1.54, 1.807) is 6.92 Å². The smallest absolute Gasteiger partial charge is 0.417 e. The van der Waals surface area contributed by atoms with Crippen LogP contribution >= 0.6 is 0 Å². The second-order valence-corrected chi connectivity index (χ2v) is 6.28. The average molecular weight is 364 g/mol. The van der Waals surface area contributed by atoms with Crippen molar-refractivity contribution in [2.75, 3.05) is 6.61 Å². The molecule has 2 heterocycles. The Morgan fingerprint density at radius 2 is 2.12 bits per heavy atom. The minimum Gasteiger partial charge on any atom is -0.460 e. The van der Waals surface area contributed by atoms with E-state index >= 15 is 0 Å². The fourth-order valence-electron chi connectivity index (χ4n) is 2.69. The van der Waals surface area contributed by atoms with Crippen LogP contribution in [0.3, 0.4) is 0 Å². The third-order valence-electron chi connectivity index (χ3n) is 4.55. The molecule has 0 aromatic carbocycles. The molecule has 6 nitrogen and oxygen atoms in total. The van der Waals surface area contributed by atoms with Crippen molar-refractivity contribution in [3.05, 3.63) is 41.3 Å². The monoisotopic (exact) mass is 364 g/mol. The third kappa shape index (κ3) is 3.27. The molecule has 9 heteroatoms. The number of esters is 1. The summed E-state index contributed by atoms with van der Waals surface area (Å²) in [5.74, 6) is -0.468. The van der Waals surface area contributed by atoms with Crippen molar-refractivity contribution >= 4 is 5.97 Å². The van der Waals surface area contributed by atoms with Gasteiger partial charge in [0.05, 0.1) is 28.9 Å². The summed E-state index contributed by atoms with van der Waals surface area (Å²) in [5.41, 5.74) is -0.900. The van der Waals surface area contributed by atoms with Gasteiger partial charge in [0.25, 0.3) is 0 Å². The Morgan fingerprint density at radius 3 is 2.62 bits per heavy atom. The maximum Gasteiger partial charge on any atom is 0.417 e. The van der Waals surface area contributed by atoms with E-state index in [4.69, 9.17) is 10.00 Å². The number of aromatic nitrogens is 3. The number of rotatable bonds is 4. The molecule has 0 spiro atoms. The molecular formula is C17H15F3N4O2. The SMILES string of the molecule is Cc1c(C(=O)OCC2(C#N)CCC2)cnn1-c1ccc(C(F)(F)F)cn1. The molecule has 0 saturated heterocycles. The predicted octanol–water partition coefficient (Wildman–Crippen LogP) is 3.45. The fourth-order valence-corrected chi connectivity index (χ4v) is 2.69. The van der Waals surface area contributed by atoms with E-state index in [0.29, 0.717) is 24.7 Å². The van der Waals surface area contributed by atoms with Crippen LogP contribution in [0.5, 0.6) is 0 Å². The van der Waals surface area contributed by atoms with Crippen LogP contribution in [0.15, 0.2) is 24.5 Å². The number of carbonyl (C=O) groups excluding carboxylic acids is 1. The Kier molecular flexibility index (Phi) is 4.44. The molecule has 0 amide bonds. The maximum atomic E-state index is 12.6. The van der Waals surface area contributed by atoms with Gasteiger partial charge < -0.3 is 4.74 Å². The number of nitrogens with zero attached hydrogens (tertiary/aromatic N) is 4. The number of hydrogen-bond donors (Lipinski definition) is 0. The lowest BCUT2D eigenvalue weighted by Gasteiger charge is -2.34. The van der Waals surface area contributed by atoms with E-state index in [9.17, 15) is 18.0 Å². The first-order valence-corrected chi connectivity index (χ1v) is 7.92. The van der Waals surface area contributed by atoms with Gasteiger partial charge >= 0.3 is 12.1 Å². The van der Waals surface area contributed by atoms with Gasteiger partial charge in [0.2, 0.25) is 0 Å². The number of hydrogen-bond acceptors (Lipinski definition) is 5. The van der Waals surface area contributed by atoms with Crippen LogP contribution in [0, 0.1) is 23.7 Å². The molecule has 0 aliphatic heterocycles. The van der Waals surface area contributed by atoms with Gasteiger partial charge in [0.15, 0.2) is 5.82 Å². The van der Waals surface area contributed by atoms with Gasteiger partial charge in [-0.05, 0) is 31.9 Å². The Labute approximate surface area is 147 Å². The number of alkyl halides is 3. The first-order chi connectivity index (χ1) is 12.3. The number of halogens is 3. The lowest BCUT2D eigenvalue weighted by molar-refractivity contribution is -0.137. The van der Waals surface area contributed by atoms with Crippen LogP contribution in [-0.2, 0) is 10.9 Å². The molecule has 0 N–H and O–H groups in total. The van der Waals surface area contributed by atoms with Crippen molar-refractivity contribution < 1.29 is 22.7 Å². The first kappa shape index (κ1) is 17.9. The summed E-state index contributed by atoms with van der Waals surface area (Å²) in [7, 11) is 0. The fraction of sp³-hybridized carbons (Fsp3) is 0.412. The zero-order valence-electron chi connectivity index (χ0n) is 13.9. The number of ether oxygens (including phenoxy) is 1. The van der Waals surface area contributed by atoms with Crippen molar-refractivity contribution in [3.63, 3.8) is 0 Å². The summed E-state index contributed by atoms with van der Waals surface area (Å²) in [6, 6.07) is 4.26. The van der Waals surface area contributed by atoms with Crippen LogP contribution in [0.25, 0.3) is 5.82 Å². The van der Waals surface area contributed by atoms with Gasteiger partial charge in [-0.15, -0.1) is 0 Å². The average Bonchev–Trinajstić information content (AvgIpc) is 2.95. The molecule has 1 aliphatic rings. The van der Waals surface area contributed by atoms with Gasteiger partial charge in [-0.1, -0.05) is 6.42 Å². The zero-order valence-corrected chi connectivity index (χ0v) is 13.9. The molecule has 1 aliphatic carbocycles. The number of nitriles is 1. The molecule has 0 unspecified atom stereocenters. The highest BCUT2D eigenvalue weighted by Crippen LogP contribution is 2.40. The lowest BCUT2D eigenvalue weighted by Crippen LogP contribution is -2.33. The third-order valence-corrected chi connectivity index (χ3v) is 4.55. The highest BCUT2D eigenvalue weighted by Gasteiger charge is 2.39. The van der Waals surface area contributed by atoms with Gasteiger partial charge in [-0.2, -0.15) is 23.5 Å². The highest BCUT2D eigenvalue weighted by molar-refractivity contribution is 5.90. The zero-order chi connectivity index (χ0) is 18.9. The van der Waals surface area contributed by atoms with Crippen molar-refractivity contribution in [1.82, 2.24) is 14.8 Å². The molecule has 0 radical (unpaired) electrons. The molecule has 0 bridgehead atoms. The van der Waals surface area contributed by atoms with Crippen molar-refractivity contribution in [2.24, 2.45) is 5.41 Å². The lowest BCUT2D eigenvalue weighted by atomic mass is 9.71. The topological polar surface area (TPSA) is 80.8 Å². The van der Waals surface area contributed by atoms with Crippen LogP contribution in [0.1, 0.15) is 40.9 Å². The molecular weight excluding hydrogens is 349 g/mol. The molecule has 2 aromatic rings. The van der Waals surface area contributed by atoms with Gasteiger partial charge in [0.1, 0.15) is 12.2 Å². The van der Waals surface area contributed by atoms with Crippen molar-refractivity contribution in [3.8, 4) is 11.9 Å². The summed E-state index contributed by atoms with van der Waals surface area (Å²) < 4.78 is 44.3. The minimum atomic E-state index is -4.47. The Hall–Kier alpha value is -2.89. The Morgan fingerprint density at radius 1 is 1.38 bits per heavy atom. The quantitative estimate of drug-likeness (QED) is 0.776. The molecule has 2 aromatic heterocycles. The first-order valence-electron chi connectivity index (χ1n) is 7.92. The van der Waals surface area contributed by atoms with Crippen LogP contribution in [0.2, 0.25) is 0 Å². The molecule has 136 valence electrons. The summed E-state index contributed by atoms with van der Waals surface area (Å²) in [5, 5.41) is 13.2. The number of pyridine rings is 1. The maximum absolute atomic E-state index is 12.6. The highest BCUT2D eigenvalue weighted by atomic mass is 19.4. The second-order valence-electron chi connectivity index (χ2n) is 6.28. The largest absolute Gasteiger partial charge is 0.460 e. The van der Waals surface area contributed by atoms with Gasteiger partial charge in [0, 0.05) is 6.20 Å². The van der Waals surface area contributed by atoms with Gasteiger partial charge in [-0.3, -0.25) is 0 Å². The summed E-state index contributed by atoms with van der Waals surface area (Å²) in [6.07, 6.45) is -0.160. The van der Waals surface area contributed by atoms with Gasteiger partial charge in [-0.25, -0.2) is 14.5 Å².